The van der Waals surface area contributed by atoms with Gasteiger partial charge in [-0.1, -0.05) is 0 Å². The van der Waals surface area contributed by atoms with Gasteiger partial charge in [-0.2, -0.15) is 18.3 Å². The number of carboxylic acid groups (broad SMARTS) is 1. The van der Waals surface area contributed by atoms with Crippen molar-refractivity contribution in [2.24, 2.45) is 0 Å². The molecule has 9 heteroatoms. The molecule has 0 aliphatic rings. The number of halogens is 3. The molecule has 1 aromatic rings. The highest BCUT2D eigenvalue weighted by molar-refractivity contribution is 5.77. The zero-order valence-corrected chi connectivity index (χ0v) is 9.91. The van der Waals surface area contributed by atoms with Gasteiger partial charge in [0.25, 0.3) is 0 Å². The molecule has 1 heterocycles. The molecule has 106 valence electrons. The van der Waals surface area contributed by atoms with Crippen molar-refractivity contribution in [3.8, 4) is 0 Å². The molecule has 0 radical (unpaired) electrons. The van der Waals surface area contributed by atoms with E-state index < -0.39 is 29.3 Å². The number of carboxylic acids is 1. The highest BCUT2D eigenvalue weighted by atomic mass is 19.4. The lowest BCUT2D eigenvalue weighted by Crippen LogP contribution is -2.25. The van der Waals surface area contributed by atoms with Crippen LogP contribution in [0.15, 0.2) is 6.20 Å². The Kier molecular flexibility index (Phi) is 4.52. The smallest absolute Gasteiger partial charge is 0.433 e. The summed E-state index contributed by atoms with van der Waals surface area (Å²) in [5.74, 6) is -3.17. The first-order chi connectivity index (χ1) is 8.73. The number of nitrogens with zero attached hydrogens (tertiary/aromatic N) is 1. The van der Waals surface area contributed by atoms with Gasteiger partial charge in [-0.05, 0) is 6.42 Å². The van der Waals surface area contributed by atoms with Crippen molar-refractivity contribution in [3.05, 3.63) is 17.5 Å². The van der Waals surface area contributed by atoms with Crippen LogP contribution >= 0.6 is 0 Å². The molecule has 19 heavy (non-hydrogen) atoms. The topological polar surface area (TPSA) is 95.1 Å². The normalized spacial score (nSPS) is 13.1. The molecule has 6 nitrogen and oxygen atoms in total. The molecular formula is C10H12F3N3O3. The van der Waals surface area contributed by atoms with Crippen molar-refractivity contribution >= 4 is 11.9 Å². The Labute approximate surface area is 106 Å². The fourth-order valence-corrected chi connectivity index (χ4v) is 1.59. The van der Waals surface area contributed by atoms with E-state index in [9.17, 15) is 22.8 Å². The Morgan fingerprint density at radius 2 is 2.16 bits per heavy atom. The third-order valence-electron chi connectivity index (χ3n) is 2.43. The number of carbonyl (C=O) groups is 2. The summed E-state index contributed by atoms with van der Waals surface area (Å²) in [6, 6.07) is 0. The van der Waals surface area contributed by atoms with Crippen LogP contribution in [0.5, 0.6) is 0 Å². The number of alkyl halides is 3. The van der Waals surface area contributed by atoms with Crippen LogP contribution in [0, 0.1) is 0 Å². The van der Waals surface area contributed by atoms with Gasteiger partial charge < -0.3 is 10.4 Å². The molecule has 1 unspecified atom stereocenters. The second-order valence-corrected chi connectivity index (χ2v) is 3.86. The highest BCUT2D eigenvalue weighted by Crippen LogP contribution is 2.34. The zero-order chi connectivity index (χ0) is 14.6. The van der Waals surface area contributed by atoms with Gasteiger partial charge in [0.15, 0.2) is 0 Å². The summed E-state index contributed by atoms with van der Waals surface area (Å²) < 4.78 is 37.9. The third-order valence-corrected chi connectivity index (χ3v) is 2.43. The summed E-state index contributed by atoms with van der Waals surface area (Å²) in [6.45, 7) is 1.20. The molecule has 0 aromatic carbocycles. The Morgan fingerprint density at radius 1 is 1.53 bits per heavy atom. The standard InChI is InChI=1S/C10H12F3N3O3/c1-5(17)14-3-2-6(9(18)19)7-4-15-16-8(7)10(11,12)13/h4,6H,2-3H2,1H3,(H,14,17)(H,15,16)(H,18,19). The van der Waals surface area contributed by atoms with Crippen molar-refractivity contribution in [1.82, 2.24) is 15.5 Å². The Balaban J connectivity index is 2.91. The molecule has 0 saturated heterocycles. The number of H-pyrrole nitrogens is 1. The minimum absolute atomic E-state index is 0.0330. The van der Waals surface area contributed by atoms with Gasteiger partial charge in [0, 0.05) is 19.0 Å². The number of hydrogen-bond donors (Lipinski definition) is 3. The van der Waals surface area contributed by atoms with Crippen molar-refractivity contribution in [1.29, 1.82) is 0 Å². The molecular weight excluding hydrogens is 267 g/mol. The second-order valence-electron chi connectivity index (χ2n) is 3.86. The summed E-state index contributed by atoms with van der Waals surface area (Å²) in [5, 5.41) is 16.3. The lowest BCUT2D eigenvalue weighted by Gasteiger charge is -2.14. The number of amides is 1. The lowest BCUT2D eigenvalue weighted by atomic mass is 9.96. The van der Waals surface area contributed by atoms with Gasteiger partial charge in [-0.15, -0.1) is 0 Å². The first kappa shape index (κ1) is 15.0. The maximum Gasteiger partial charge on any atom is 0.433 e. The minimum Gasteiger partial charge on any atom is -0.481 e. The van der Waals surface area contributed by atoms with Gasteiger partial charge in [0.1, 0.15) is 5.69 Å². The molecule has 0 spiro atoms. The van der Waals surface area contributed by atoms with Gasteiger partial charge >= 0.3 is 12.1 Å². The van der Waals surface area contributed by atoms with Crippen LogP contribution in [0.3, 0.4) is 0 Å². The Morgan fingerprint density at radius 3 is 2.63 bits per heavy atom. The number of aromatic amines is 1. The fourth-order valence-electron chi connectivity index (χ4n) is 1.59. The van der Waals surface area contributed by atoms with Crippen LogP contribution in [-0.2, 0) is 15.8 Å². The molecule has 0 fully saturated rings. The predicted octanol–water partition coefficient (Wildman–Crippen LogP) is 1.12. The summed E-state index contributed by atoms with van der Waals surface area (Å²) in [6.07, 6.45) is -4.01. The van der Waals surface area contributed by atoms with E-state index in [1.54, 1.807) is 5.10 Å². The molecule has 1 amide bonds. The maximum atomic E-state index is 12.6. The summed E-state index contributed by atoms with van der Waals surface area (Å²) >= 11 is 0. The first-order valence-corrected chi connectivity index (χ1v) is 5.31. The van der Waals surface area contributed by atoms with Crippen LogP contribution in [0.2, 0.25) is 0 Å². The quantitative estimate of drug-likeness (QED) is 0.752. The zero-order valence-electron chi connectivity index (χ0n) is 9.91. The van der Waals surface area contributed by atoms with E-state index >= 15 is 0 Å². The Bertz CT molecular complexity index is 470. The summed E-state index contributed by atoms with van der Waals surface area (Å²) in [5.41, 5.74) is -1.62. The van der Waals surface area contributed by atoms with Crippen molar-refractivity contribution in [2.75, 3.05) is 6.54 Å². The largest absolute Gasteiger partial charge is 0.481 e. The number of nitrogens with one attached hydrogen (secondary N) is 2. The molecule has 0 aliphatic carbocycles. The van der Waals surface area contributed by atoms with Crippen LogP contribution < -0.4 is 5.32 Å². The van der Waals surface area contributed by atoms with Crippen LogP contribution in [0.25, 0.3) is 0 Å². The molecule has 0 aliphatic heterocycles. The molecule has 1 rings (SSSR count). The van der Waals surface area contributed by atoms with Gasteiger partial charge in [0.2, 0.25) is 5.91 Å². The van der Waals surface area contributed by atoms with E-state index in [0.29, 0.717) is 0 Å². The SMILES string of the molecule is CC(=O)NCCC(C(=O)O)c1cn[nH]c1C(F)(F)F. The molecule has 3 N–H and O–H groups in total. The van der Waals surface area contributed by atoms with E-state index in [1.807, 2.05) is 0 Å². The van der Waals surface area contributed by atoms with Gasteiger partial charge in [-0.3, -0.25) is 14.7 Å². The number of hydrogen-bond acceptors (Lipinski definition) is 3. The number of aliphatic carboxylic acids is 1. The second kappa shape index (κ2) is 5.72. The van der Waals surface area contributed by atoms with E-state index in [0.717, 1.165) is 6.20 Å². The molecule has 0 saturated carbocycles. The Hall–Kier alpha value is -2.06. The summed E-state index contributed by atoms with van der Waals surface area (Å²) in [7, 11) is 0. The van der Waals surface area contributed by atoms with E-state index in [-0.39, 0.29) is 18.9 Å². The average molecular weight is 279 g/mol. The average Bonchev–Trinajstić information content (AvgIpc) is 2.71. The van der Waals surface area contributed by atoms with Crippen molar-refractivity contribution in [2.45, 2.75) is 25.4 Å². The maximum absolute atomic E-state index is 12.6. The fraction of sp³-hybridized carbons (Fsp3) is 0.500. The van der Waals surface area contributed by atoms with Crippen LogP contribution in [-0.4, -0.2) is 33.7 Å². The monoisotopic (exact) mass is 279 g/mol. The van der Waals surface area contributed by atoms with Gasteiger partial charge in [-0.25, -0.2) is 0 Å². The third kappa shape index (κ3) is 3.97. The highest BCUT2D eigenvalue weighted by Gasteiger charge is 2.39. The van der Waals surface area contributed by atoms with Gasteiger partial charge in [0.05, 0.1) is 12.1 Å². The minimum atomic E-state index is -4.70. The van der Waals surface area contributed by atoms with E-state index in [1.165, 1.54) is 6.92 Å². The number of rotatable bonds is 5. The van der Waals surface area contributed by atoms with Crippen molar-refractivity contribution < 1.29 is 27.9 Å². The number of carbonyl (C=O) groups excluding carboxylic acids is 1. The predicted molar refractivity (Wildman–Crippen MR) is 57.3 cm³/mol. The molecule has 0 bridgehead atoms. The van der Waals surface area contributed by atoms with Crippen LogP contribution in [0.4, 0.5) is 13.2 Å². The summed E-state index contributed by atoms with van der Waals surface area (Å²) in [4.78, 5) is 21.7. The van der Waals surface area contributed by atoms with E-state index in [2.05, 4.69) is 10.4 Å². The molecule has 1 atom stereocenters. The molecule has 1 aromatic heterocycles. The first-order valence-electron chi connectivity index (χ1n) is 5.31. The van der Waals surface area contributed by atoms with Crippen molar-refractivity contribution in [3.63, 3.8) is 0 Å². The number of aromatic nitrogens is 2. The lowest BCUT2D eigenvalue weighted by molar-refractivity contribution is -0.143. The van der Waals surface area contributed by atoms with E-state index in [4.69, 9.17) is 5.11 Å². The van der Waals surface area contributed by atoms with Crippen LogP contribution in [0.1, 0.15) is 30.5 Å².